The van der Waals surface area contributed by atoms with Gasteiger partial charge in [-0.3, -0.25) is 0 Å². The van der Waals surface area contributed by atoms with Crippen molar-refractivity contribution in [1.29, 1.82) is 0 Å². The van der Waals surface area contributed by atoms with E-state index in [1.54, 1.807) is 7.11 Å². The monoisotopic (exact) mass is 218 g/mol. The van der Waals surface area contributed by atoms with Crippen LogP contribution in [0.15, 0.2) is 23.8 Å². The molecule has 1 heterocycles. The molecule has 0 unspecified atom stereocenters. The summed E-state index contributed by atoms with van der Waals surface area (Å²) >= 11 is 0. The lowest BCUT2D eigenvalue weighted by Gasteiger charge is -2.03. The molecule has 0 aromatic carbocycles. The van der Waals surface area contributed by atoms with Crippen LogP contribution in [0.1, 0.15) is 25.5 Å². The van der Waals surface area contributed by atoms with Crippen molar-refractivity contribution >= 4 is 6.08 Å². The Labute approximate surface area is 96.5 Å². The first-order valence-electron chi connectivity index (χ1n) is 5.69. The van der Waals surface area contributed by atoms with E-state index in [0.29, 0.717) is 5.88 Å². The molecule has 3 heteroatoms. The molecule has 3 nitrogen and oxygen atoms in total. The van der Waals surface area contributed by atoms with Crippen LogP contribution in [0.25, 0.3) is 6.08 Å². The zero-order valence-corrected chi connectivity index (χ0v) is 9.86. The van der Waals surface area contributed by atoms with Crippen molar-refractivity contribution in [3.63, 3.8) is 0 Å². The zero-order chi connectivity index (χ0) is 11.4. The highest BCUT2D eigenvalue weighted by Gasteiger charge is 2.19. The minimum atomic E-state index is 0.664. The van der Waals surface area contributed by atoms with Gasteiger partial charge in [-0.1, -0.05) is 11.6 Å². The maximum Gasteiger partial charge on any atom is 0.213 e. The van der Waals surface area contributed by atoms with E-state index in [4.69, 9.17) is 4.74 Å². The lowest BCUT2D eigenvalue weighted by molar-refractivity contribution is 0.397. The number of hydrogen-bond acceptors (Lipinski definition) is 3. The normalized spacial score (nSPS) is 16.2. The standard InChI is InChI=1S/C13H18N2O/c1-10(9-14-11-6-7-11)8-12-4-3-5-13(15-12)16-2/h3-5,8,11,14H,6-7,9H2,1-2H3/b10-8-. The van der Waals surface area contributed by atoms with Crippen molar-refractivity contribution in [2.75, 3.05) is 13.7 Å². The van der Waals surface area contributed by atoms with Crippen molar-refractivity contribution in [2.24, 2.45) is 0 Å². The van der Waals surface area contributed by atoms with Crippen molar-refractivity contribution in [3.05, 3.63) is 29.5 Å². The molecule has 16 heavy (non-hydrogen) atoms. The molecule has 1 aliphatic rings. The van der Waals surface area contributed by atoms with Gasteiger partial charge >= 0.3 is 0 Å². The molecular weight excluding hydrogens is 200 g/mol. The van der Waals surface area contributed by atoms with Gasteiger partial charge in [0, 0.05) is 18.7 Å². The van der Waals surface area contributed by atoms with Gasteiger partial charge in [-0.15, -0.1) is 0 Å². The van der Waals surface area contributed by atoms with Gasteiger partial charge < -0.3 is 10.1 Å². The van der Waals surface area contributed by atoms with Gasteiger partial charge in [-0.25, -0.2) is 4.98 Å². The summed E-state index contributed by atoms with van der Waals surface area (Å²) < 4.78 is 5.09. The first-order valence-corrected chi connectivity index (χ1v) is 5.69. The number of hydrogen-bond donors (Lipinski definition) is 1. The zero-order valence-electron chi connectivity index (χ0n) is 9.86. The van der Waals surface area contributed by atoms with E-state index < -0.39 is 0 Å². The number of pyridine rings is 1. The molecule has 1 fully saturated rings. The van der Waals surface area contributed by atoms with E-state index in [9.17, 15) is 0 Å². The minimum Gasteiger partial charge on any atom is -0.481 e. The van der Waals surface area contributed by atoms with Gasteiger partial charge in [0.2, 0.25) is 5.88 Å². The van der Waals surface area contributed by atoms with Crippen LogP contribution in [-0.2, 0) is 0 Å². The van der Waals surface area contributed by atoms with E-state index in [2.05, 4.69) is 23.3 Å². The highest BCUT2D eigenvalue weighted by atomic mass is 16.5. The van der Waals surface area contributed by atoms with Crippen LogP contribution >= 0.6 is 0 Å². The third-order valence-corrected chi connectivity index (χ3v) is 2.60. The van der Waals surface area contributed by atoms with Crippen LogP contribution in [-0.4, -0.2) is 24.7 Å². The second kappa shape index (κ2) is 5.12. The predicted molar refractivity (Wildman–Crippen MR) is 65.5 cm³/mol. The van der Waals surface area contributed by atoms with Crippen molar-refractivity contribution in [2.45, 2.75) is 25.8 Å². The van der Waals surface area contributed by atoms with Gasteiger partial charge in [-0.2, -0.15) is 0 Å². The molecule has 1 aromatic rings. The smallest absolute Gasteiger partial charge is 0.213 e. The number of nitrogens with zero attached hydrogens (tertiary/aromatic N) is 1. The summed E-state index contributed by atoms with van der Waals surface area (Å²) in [5.74, 6) is 0.664. The largest absolute Gasteiger partial charge is 0.481 e. The summed E-state index contributed by atoms with van der Waals surface area (Å²) in [4.78, 5) is 4.35. The van der Waals surface area contributed by atoms with Gasteiger partial charge in [0.1, 0.15) is 0 Å². The summed E-state index contributed by atoms with van der Waals surface area (Å²) in [5, 5.41) is 3.48. The van der Waals surface area contributed by atoms with Crippen molar-refractivity contribution < 1.29 is 4.74 Å². The summed E-state index contributed by atoms with van der Waals surface area (Å²) in [6, 6.07) is 6.55. The summed E-state index contributed by atoms with van der Waals surface area (Å²) in [6.07, 6.45) is 4.74. The van der Waals surface area contributed by atoms with Crippen LogP contribution in [0, 0.1) is 0 Å². The molecular formula is C13H18N2O. The van der Waals surface area contributed by atoms with E-state index in [-0.39, 0.29) is 0 Å². The van der Waals surface area contributed by atoms with E-state index in [0.717, 1.165) is 18.3 Å². The highest BCUT2D eigenvalue weighted by Crippen LogP contribution is 2.19. The second-order valence-electron chi connectivity index (χ2n) is 4.25. The molecule has 0 radical (unpaired) electrons. The highest BCUT2D eigenvalue weighted by molar-refractivity contribution is 5.49. The van der Waals surface area contributed by atoms with Crippen LogP contribution in [0.5, 0.6) is 5.88 Å². The lowest BCUT2D eigenvalue weighted by Crippen LogP contribution is -2.18. The summed E-state index contributed by atoms with van der Waals surface area (Å²) in [5.41, 5.74) is 2.25. The molecule has 0 amide bonds. The van der Waals surface area contributed by atoms with Crippen LogP contribution in [0.3, 0.4) is 0 Å². The maximum absolute atomic E-state index is 5.09. The molecule has 0 bridgehead atoms. The number of ether oxygens (including phenoxy) is 1. The Morgan fingerprint density at radius 1 is 1.56 bits per heavy atom. The molecule has 1 saturated carbocycles. The third kappa shape index (κ3) is 3.35. The van der Waals surface area contributed by atoms with Crippen LogP contribution in [0.4, 0.5) is 0 Å². The van der Waals surface area contributed by atoms with E-state index >= 15 is 0 Å². The molecule has 2 rings (SSSR count). The lowest BCUT2D eigenvalue weighted by atomic mass is 10.2. The molecule has 1 N–H and O–H groups in total. The first-order chi connectivity index (χ1) is 7.78. The third-order valence-electron chi connectivity index (χ3n) is 2.60. The predicted octanol–water partition coefficient (Wildman–Crippen LogP) is 2.25. The topological polar surface area (TPSA) is 34.1 Å². The Morgan fingerprint density at radius 2 is 2.38 bits per heavy atom. The minimum absolute atomic E-state index is 0.664. The Bertz CT molecular complexity index is 383. The average Bonchev–Trinajstić information content (AvgIpc) is 3.10. The fourth-order valence-electron chi connectivity index (χ4n) is 1.52. The summed E-state index contributed by atoms with van der Waals surface area (Å²) in [7, 11) is 1.64. The average molecular weight is 218 g/mol. The quantitative estimate of drug-likeness (QED) is 0.823. The Morgan fingerprint density at radius 3 is 3.06 bits per heavy atom. The number of nitrogens with one attached hydrogen (secondary N) is 1. The Hall–Kier alpha value is -1.35. The molecule has 0 saturated heterocycles. The number of aromatic nitrogens is 1. The fraction of sp³-hybridized carbons (Fsp3) is 0.462. The van der Waals surface area contributed by atoms with Crippen LogP contribution < -0.4 is 10.1 Å². The molecule has 0 spiro atoms. The van der Waals surface area contributed by atoms with Gasteiger partial charge in [0.15, 0.2) is 0 Å². The number of methoxy groups -OCH3 is 1. The molecule has 86 valence electrons. The molecule has 1 aliphatic carbocycles. The molecule has 1 aromatic heterocycles. The van der Waals surface area contributed by atoms with Gasteiger partial charge in [-0.05, 0) is 31.9 Å². The van der Waals surface area contributed by atoms with Crippen LogP contribution in [0.2, 0.25) is 0 Å². The maximum atomic E-state index is 5.09. The van der Waals surface area contributed by atoms with E-state index in [1.165, 1.54) is 18.4 Å². The molecule has 0 aliphatic heterocycles. The van der Waals surface area contributed by atoms with Gasteiger partial charge in [0.25, 0.3) is 0 Å². The SMILES string of the molecule is COc1cccc(/C=C(/C)CNC2CC2)n1. The number of rotatable bonds is 5. The van der Waals surface area contributed by atoms with Gasteiger partial charge in [0.05, 0.1) is 12.8 Å². The fourth-order valence-corrected chi connectivity index (χ4v) is 1.52. The summed E-state index contributed by atoms with van der Waals surface area (Å²) in [6.45, 7) is 3.07. The van der Waals surface area contributed by atoms with Crippen molar-refractivity contribution in [1.82, 2.24) is 10.3 Å². The van der Waals surface area contributed by atoms with Crippen molar-refractivity contribution in [3.8, 4) is 5.88 Å². The first kappa shape index (κ1) is 11.1. The van der Waals surface area contributed by atoms with E-state index in [1.807, 2.05) is 18.2 Å². The Kier molecular flexibility index (Phi) is 3.57. The second-order valence-corrected chi connectivity index (χ2v) is 4.25. The Balaban J connectivity index is 1.96. The molecule has 0 atom stereocenters.